The Balaban J connectivity index is 2.03. The fourth-order valence-corrected chi connectivity index (χ4v) is 2.33. The molecule has 0 aromatic heterocycles. The SMILES string of the molecule is COc1ccc(CC(=O)Cc2cc(Br)ccc2F)cc1. The standard InChI is InChI=1S/C16H14BrFO2/c1-20-15-5-2-11(3-6-15)8-14(19)10-12-9-13(17)4-7-16(12)18/h2-7,9H,8,10H2,1H3. The second-order valence-electron chi connectivity index (χ2n) is 4.48. The van der Waals surface area contributed by atoms with Crippen molar-refractivity contribution in [2.75, 3.05) is 7.11 Å². The average Bonchev–Trinajstić information content (AvgIpc) is 2.43. The van der Waals surface area contributed by atoms with Gasteiger partial charge in [0.15, 0.2) is 0 Å². The Labute approximate surface area is 125 Å². The minimum atomic E-state index is -0.351. The largest absolute Gasteiger partial charge is 0.497 e. The van der Waals surface area contributed by atoms with Gasteiger partial charge in [0, 0.05) is 17.3 Å². The molecule has 0 N–H and O–H groups in total. The van der Waals surface area contributed by atoms with Crippen LogP contribution in [0.5, 0.6) is 5.75 Å². The average molecular weight is 337 g/mol. The molecule has 0 aliphatic heterocycles. The van der Waals surface area contributed by atoms with E-state index in [4.69, 9.17) is 4.74 Å². The van der Waals surface area contributed by atoms with Crippen molar-refractivity contribution in [1.82, 2.24) is 0 Å². The Morgan fingerprint density at radius 2 is 1.85 bits per heavy atom. The lowest BCUT2D eigenvalue weighted by molar-refractivity contribution is -0.117. The van der Waals surface area contributed by atoms with Crippen LogP contribution in [-0.2, 0) is 17.6 Å². The summed E-state index contributed by atoms with van der Waals surface area (Å²) >= 11 is 3.28. The minimum Gasteiger partial charge on any atom is -0.497 e. The van der Waals surface area contributed by atoms with Gasteiger partial charge in [-0.05, 0) is 41.5 Å². The molecule has 0 bridgehead atoms. The second-order valence-corrected chi connectivity index (χ2v) is 5.39. The van der Waals surface area contributed by atoms with Gasteiger partial charge >= 0.3 is 0 Å². The summed E-state index contributed by atoms with van der Waals surface area (Å²) in [7, 11) is 1.59. The van der Waals surface area contributed by atoms with E-state index in [1.807, 2.05) is 24.3 Å². The van der Waals surface area contributed by atoms with Gasteiger partial charge < -0.3 is 4.74 Å². The molecule has 0 aliphatic carbocycles. The number of hydrogen-bond donors (Lipinski definition) is 0. The summed E-state index contributed by atoms with van der Waals surface area (Å²) in [6.07, 6.45) is 0.382. The summed E-state index contributed by atoms with van der Waals surface area (Å²) < 4.78 is 19.4. The van der Waals surface area contributed by atoms with E-state index in [1.54, 1.807) is 19.2 Å². The van der Waals surface area contributed by atoms with Crippen LogP contribution < -0.4 is 4.74 Å². The van der Waals surface area contributed by atoms with Crippen LogP contribution in [0.15, 0.2) is 46.9 Å². The maximum Gasteiger partial charge on any atom is 0.141 e. The molecule has 0 saturated heterocycles. The molecule has 0 fully saturated rings. The lowest BCUT2D eigenvalue weighted by Gasteiger charge is -2.05. The predicted octanol–water partition coefficient (Wildman–Crippen LogP) is 3.95. The fraction of sp³-hybridized carbons (Fsp3) is 0.188. The molecule has 0 spiro atoms. The first kappa shape index (κ1) is 14.7. The smallest absolute Gasteiger partial charge is 0.141 e. The fourth-order valence-electron chi connectivity index (χ4n) is 1.92. The Hall–Kier alpha value is -1.68. The van der Waals surface area contributed by atoms with Gasteiger partial charge in [0.1, 0.15) is 17.3 Å². The van der Waals surface area contributed by atoms with Gasteiger partial charge in [0.05, 0.1) is 7.11 Å². The van der Waals surface area contributed by atoms with Crippen molar-refractivity contribution < 1.29 is 13.9 Å². The molecule has 0 unspecified atom stereocenters. The van der Waals surface area contributed by atoms with Crippen LogP contribution >= 0.6 is 15.9 Å². The van der Waals surface area contributed by atoms with Crippen LogP contribution in [0.2, 0.25) is 0 Å². The summed E-state index contributed by atoms with van der Waals surface area (Å²) in [6.45, 7) is 0. The van der Waals surface area contributed by atoms with Gasteiger partial charge in [-0.25, -0.2) is 4.39 Å². The summed E-state index contributed by atoms with van der Waals surface area (Å²) in [6, 6.07) is 11.9. The molecule has 2 rings (SSSR count). The molecule has 104 valence electrons. The van der Waals surface area contributed by atoms with Crippen LogP contribution in [-0.4, -0.2) is 12.9 Å². The van der Waals surface area contributed by atoms with E-state index in [1.165, 1.54) is 6.07 Å². The third-order valence-electron chi connectivity index (χ3n) is 2.96. The molecule has 0 saturated carbocycles. The Morgan fingerprint density at radius 3 is 2.50 bits per heavy atom. The van der Waals surface area contributed by atoms with E-state index in [2.05, 4.69) is 15.9 Å². The molecular weight excluding hydrogens is 323 g/mol. The number of halogens is 2. The molecule has 2 aromatic rings. The van der Waals surface area contributed by atoms with E-state index in [-0.39, 0.29) is 24.4 Å². The highest BCUT2D eigenvalue weighted by Crippen LogP contribution is 2.17. The first-order valence-corrected chi connectivity index (χ1v) is 6.96. The van der Waals surface area contributed by atoms with Gasteiger partial charge in [-0.3, -0.25) is 4.79 Å². The summed E-state index contributed by atoms with van der Waals surface area (Å²) in [5.74, 6) is 0.377. The normalized spacial score (nSPS) is 10.3. The number of ketones is 1. The first-order valence-electron chi connectivity index (χ1n) is 6.17. The zero-order valence-electron chi connectivity index (χ0n) is 11.0. The van der Waals surface area contributed by atoms with Crippen LogP contribution in [0.3, 0.4) is 0 Å². The number of ether oxygens (including phenoxy) is 1. The molecule has 4 heteroatoms. The summed E-state index contributed by atoms with van der Waals surface area (Å²) in [5.41, 5.74) is 1.31. The molecule has 0 aliphatic rings. The van der Waals surface area contributed by atoms with Crippen molar-refractivity contribution in [2.24, 2.45) is 0 Å². The van der Waals surface area contributed by atoms with E-state index in [0.717, 1.165) is 15.8 Å². The summed E-state index contributed by atoms with van der Waals surface area (Å²) in [4.78, 5) is 12.0. The lowest BCUT2D eigenvalue weighted by Crippen LogP contribution is -2.08. The van der Waals surface area contributed by atoms with Crippen molar-refractivity contribution >= 4 is 21.7 Å². The molecule has 2 nitrogen and oxygen atoms in total. The zero-order chi connectivity index (χ0) is 14.5. The maximum atomic E-state index is 13.6. The number of carbonyl (C=O) groups is 1. The maximum absolute atomic E-state index is 13.6. The third kappa shape index (κ3) is 3.90. The van der Waals surface area contributed by atoms with Gasteiger partial charge in [0.25, 0.3) is 0 Å². The van der Waals surface area contributed by atoms with Gasteiger partial charge in [-0.1, -0.05) is 28.1 Å². The third-order valence-corrected chi connectivity index (χ3v) is 3.45. The molecule has 0 radical (unpaired) electrons. The molecule has 0 heterocycles. The Morgan fingerprint density at radius 1 is 1.15 bits per heavy atom. The van der Waals surface area contributed by atoms with Gasteiger partial charge in [0.2, 0.25) is 0 Å². The Bertz CT molecular complexity index is 608. The number of methoxy groups -OCH3 is 1. The Kier molecular flexibility index (Phi) is 4.90. The van der Waals surface area contributed by atoms with E-state index in [0.29, 0.717) is 5.56 Å². The number of carbonyl (C=O) groups excluding carboxylic acids is 1. The van der Waals surface area contributed by atoms with Crippen molar-refractivity contribution in [2.45, 2.75) is 12.8 Å². The molecule has 0 atom stereocenters. The van der Waals surface area contributed by atoms with Crippen LogP contribution in [0.1, 0.15) is 11.1 Å². The molecular formula is C16H14BrFO2. The van der Waals surface area contributed by atoms with Gasteiger partial charge in [-0.15, -0.1) is 0 Å². The number of hydrogen-bond acceptors (Lipinski definition) is 2. The number of rotatable bonds is 5. The number of Topliss-reactive ketones (excluding diaryl/α,β-unsaturated/α-hetero) is 1. The zero-order valence-corrected chi connectivity index (χ0v) is 12.6. The van der Waals surface area contributed by atoms with E-state index >= 15 is 0 Å². The quantitative estimate of drug-likeness (QED) is 0.826. The lowest BCUT2D eigenvalue weighted by atomic mass is 10.0. The van der Waals surface area contributed by atoms with Gasteiger partial charge in [-0.2, -0.15) is 0 Å². The minimum absolute atomic E-state index is 0.0211. The first-order chi connectivity index (χ1) is 9.58. The van der Waals surface area contributed by atoms with Crippen molar-refractivity contribution in [3.05, 3.63) is 63.9 Å². The van der Waals surface area contributed by atoms with E-state index in [9.17, 15) is 9.18 Å². The monoisotopic (exact) mass is 336 g/mol. The summed E-state index contributed by atoms with van der Waals surface area (Å²) in [5, 5.41) is 0. The van der Waals surface area contributed by atoms with Crippen LogP contribution in [0, 0.1) is 5.82 Å². The topological polar surface area (TPSA) is 26.3 Å². The molecule has 20 heavy (non-hydrogen) atoms. The molecule has 0 amide bonds. The highest BCUT2D eigenvalue weighted by molar-refractivity contribution is 9.10. The van der Waals surface area contributed by atoms with Crippen molar-refractivity contribution in [3.63, 3.8) is 0 Å². The van der Waals surface area contributed by atoms with Crippen LogP contribution in [0.25, 0.3) is 0 Å². The molecule has 2 aromatic carbocycles. The van der Waals surface area contributed by atoms with Crippen LogP contribution in [0.4, 0.5) is 4.39 Å². The van der Waals surface area contributed by atoms with Crippen molar-refractivity contribution in [1.29, 1.82) is 0 Å². The number of benzene rings is 2. The van der Waals surface area contributed by atoms with E-state index < -0.39 is 0 Å². The van der Waals surface area contributed by atoms with Crippen molar-refractivity contribution in [3.8, 4) is 5.75 Å². The second kappa shape index (κ2) is 6.66. The highest BCUT2D eigenvalue weighted by atomic mass is 79.9. The predicted molar refractivity (Wildman–Crippen MR) is 79.5 cm³/mol. The highest BCUT2D eigenvalue weighted by Gasteiger charge is 2.10.